The zero-order chi connectivity index (χ0) is 7.68. The Morgan fingerprint density at radius 1 is 1.00 bits per heavy atom. The van der Waals surface area contributed by atoms with Crippen LogP contribution in [0.15, 0.2) is 0 Å². The van der Waals surface area contributed by atoms with E-state index in [-0.39, 0.29) is 0 Å². The van der Waals surface area contributed by atoms with Crippen molar-refractivity contribution in [3.05, 3.63) is 0 Å². The summed E-state index contributed by atoms with van der Waals surface area (Å²) >= 11 is 0. The fourth-order valence-corrected chi connectivity index (χ4v) is 2.27. The molecule has 2 fully saturated rings. The van der Waals surface area contributed by atoms with Gasteiger partial charge in [0.1, 0.15) is 0 Å². The van der Waals surface area contributed by atoms with Crippen molar-refractivity contribution < 1.29 is 0 Å². The minimum Gasteiger partial charge on any atom is -0.315 e. The lowest BCUT2D eigenvalue weighted by atomic mass is 9.96. The predicted molar refractivity (Wildman–Crippen MR) is 46.1 cm³/mol. The second kappa shape index (κ2) is 3.11. The van der Waals surface area contributed by atoms with Crippen LogP contribution in [-0.2, 0) is 0 Å². The SMILES string of the molecule is NC1NC1C1CCCCCC1. The fourth-order valence-electron chi connectivity index (χ4n) is 2.27. The highest BCUT2D eigenvalue weighted by Crippen LogP contribution is 2.30. The third-order valence-corrected chi connectivity index (χ3v) is 3.07. The lowest BCUT2D eigenvalue weighted by Gasteiger charge is -2.10. The van der Waals surface area contributed by atoms with Gasteiger partial charge in [-0.25, -0.2) is 0 Å². The van der Waals surface area contributed by atoms with E-state index < -0.39 is 0 Å². The lowest BCUT2D eigenvalue weighted by Crippen LogP contribution is -2.14. The molecule has 1 saturated heterocycles. The lowest BCUT2D eigenvalue weighted by molar-refractivity contribution is 0.444. The van der Waals surface area contributed by atoms with Crippen LogP contribution < -0.4 is 11.1 Å². The zero-order valence-corrected chi connectivity index (χ0v) is 7.05. The number of nitrogens with one attached hydrogen (secondary N) is 1. The summed E-state index contributed by atoms with van der Waals surface area (Å²) in [7, 11) is 0. The van der Waals surface area contributed by atoms with Gasteiger partial charge in [-0.1, -0.05) is 25.7 Å². The van der Waals surface area contributed by atoms with Gasteiger partial charge in [0.25, 0.3) is 0 Å². The molecule has 1 heterocycles. The molecule has 2 aliphatic rings. The highest BCUT2D eigenvalue weighted by Gasteiger charge is 2.38. The first-order valence-electron chi connectivity index (χ1n) is 4.89. The number of rotatable bonds is 1. The first-order chi connectivity index (χ1) is 5.38. The van der Waals surface area contributed by atoms with Gasteiger partial charge in [0.05, 0.1) is 6.17 Å². The maximum Gasteiger partial charge on any atom is 0.0711 e. The van der Waals surface area contributed by atoms with E-state index in [9.17, 15) is 0 Å². The van der Waals surface area contributed by atoms with Gasteiger partial charge >= 0.3 is 0 Å². The summed E-state index contributed by atoms with van der Waals surface area (Å²) in [4.78, 5) is 0. The van der Waals surface area contributed by atoms with Crippen LogP contribution in [0, 0.1) is 5.92 Å². The summed E-state index contributed by atoms with van der Waals surface area (Å²) in [5.41, 5.74) is 5.74. The molecule has 1 aliphatic heterocycles. The average molecular weight is 154 g/mol. The van der Waals surface area contributed by atoms with E-state index >= 15 is 0 Å². The molecule has 2 rings (SSSR count). The van der Waals surface area contributed by atoms with Crippen LogP contribution in [0.1, 0.15) is 38.5 Å². The van der Waals surface area contributed by atoms with E-state index in [0.717, 1.165) is 5.92 Å². The molecule has 64 valence electrons. The van der Waals surface area contributed by atoms with Crippen LogP contribution in [0.5, 0.6) is 0 Å². The van der Waals surface area contributed by atoms with Gasteiger partial charge in [0.2, 0.25) is 0 Å². The van der Waals surface area contributed by atoms with E-state index in [1.807, 2.05) is 0 Å². The smallest absolute Gasteiger partial charge is 0.0711 e. The van der Waals surface area contributed by atoms with Crippen LogP contribution in [0.25, 0.3) is 0 Å². The first kappa shape index (κ1) is 7.56. The number of nitrogens with two attached hydrogens (primary N) is 1. The predicted octanol–water partition coefficient (Wildman–Crippen LogP) is 1.21. The number of hydrogen-bond donors (Lipinski definition) is 2. The second-order valence-corrected chi connectivity index (χ2v) is 3.97. The van der Waals surface area contributed by atoms with Gasteiger partial charge in [-0.2, -0.15) is 0 Å². The molecule has 2 heteroatoms. The van der Waals surface area contributed by atoms with E-state index in [1.54, 1.807) is 0 Å². The molecule has 0 radical (unpaired) electrons. The largest absolute Gasteiger partial charge is 0.315 e. The molecule has 0 aromatic rings. The molecule has 11 heavy (non-hydrogen) atoms. The molecule has 2 unspecified atom stereocenters. The molecule has 0 bridgehead atoms. The summed E-state index contributed by atoms with van der Waals surface area (Å²) in [6.45, 7) is 0. The molecule has 0 aromatic carbocycles. The first-order valence-corrected chi connectivity index (χ1v) is 4.89. The summed E-state index contributed by atoms with van der Waals surface area (Å²) in [5.74, 6) is 0.896. The molecular formula is C9H18N2. The summed E-state index contributed by atoms with van der Waals surface area (Å²) in [6, 6.07) is 0.674. The van der Waals surface area contributed by atoms with Crippen molar-refractivity contribution in [3.8, 4) is 0 Å². The topological polar surface area (TPSA) is 48.0 Å². The summed E-state index contributed by atoms with van der Waals surface area (Å²) in [6.07, 6.45) is 8.89. The summed E-state index contributed by atoms with van der Waals surface area (Å²) in [5, 5.41) is 3.31. The van der Waals surface area contributed by atoms with E-state index in [2.05, 4.69) is 5.32 Å². The van der Waals surface area contributed by atoms with Crippen molar-refractivity contribution >= 4 is 0 Å². The van der Waals surface area contributed by atoms with Gasteiger partial charge in [0, 0.05) is 6.04 Å². The zero-order valence-electron chi connectivity index (χ0n) is 7.05. The second-order valence-electron chi connectivity index (χ2n) is 3.97. The van der Waals surface area contributed by atoms with Crippen molar-refractivity contribution in [2.75, 3.05) is 0 Å². The van der Waals surface area contributed by atoms with Gasteiger partial charge in [-0.15, -0.1) is 0 Å². The van der Waals surface area contributed by atoms with Gasteiger partial charge in [-0.05, 0) is 18.8 Å². The maximum atomic E-state index is 5.74. The minimum atomic E-state index is 0.332. The standard InChI is InChI=1S/C9H18N2/c10-9-8(11-9)7-5-3-1-2-4-6-7/h7-9,11H,1-6,10H2. The Balaban J connectivity index is 1.82. The molecule has 1 aliphatic carbocycles. The van der Waals surface area contributed by atoms with E-state index in [4.69, 9.17) is 5.73 Å². The highest BCUT2D eigenvalue weighted by molar-refractivity contribution is 4.98. The molecule has 0 spiro atoms. The van der Waals surface area contributed by atoms with Crippen molar-refractivity contribution in [1.82, 2.24) is 5.32 Å². The Morgan fingerprint density at radius 3 is 2.00 bits per heavy atom. The molecule has 3 N–H and O–H groups in total. The molecule has 0 aromatic heterocycles. The third kappa shape index (κ3) is 1.74. The van der Waals surface area contributed by atoms with Gasteiger partial charge in [0.15, 0.2) is 0 Å². The molecule has 2 nitrogen and oxygen atoms in total. The monoisotopic (exact) mass is 154 g/mol. The molecule has 1 saturated carbocycles. The van der Waals surface area contributed by atoms with Gasteiger partial charge in [-0.3, -0.25) is 5.32 Å². The maximum absolute atomic E-state index is 5.74. The van der Waals surface area contributed by atoms with Crippen LogP contribution >= 0.6 is 0 Å². The van der Waals surface area contributed by atoms with Crippen molar-refractivity contribution in [3.63, 3.8) is 0 Å². The fraction of sp³-hybridized carbons (Fsp3) is 1.00. The minimum absolute atomic E-state index is 0.332. The van der Waals surface area contributed by atoms with E-state index in [0.29, 0.717) is 12.2 Å². The normalized spacial score (nSPS) is 40.1. The van der Waals surface area contributed by atoms with Crippen LogP contribution in [0.4, 0.5) is 0 Å². The molecule has 0 amide bonds. The van der Waals surface area contributed by atoms with Crippen LogP contribution in [0.3, 0.4) is 0 Å². The quantitative estimate of drug-likeness (QED) is 0.440. The highest BCUT2D eigenvalue weighted by atomic mass is 15.2. The van der Waals surface area contributed by atoms with Crippen molar-refractivity contribution in [2.24, 2.45) is 11.7 Å². The van der Waals surface area contributed by atoms with Crippen LogP contribution in [-0.4, -0.2) is 12.2 Å². The van der Waals surface area contributed by atoms with Crippen molar-refractivity contribution in [2.45, 2.75) is 50.7 Å². The van der Waals surface area contributed by atoms with E-state index in [1.165, 1.54) is 38.5 Å². The Bertz CT molecular complexity index is 128. The average Bonchev–Trinajstić information content (AvgIpc) is 2.71. The Hall–Kier alpha value is -0.0800. The summed E-state index contributed by atoms with van der Waals surface area (Å²) < 4.78 is 0. The van der Waals surface area contributed by atoms with Crippen LogP contribution in [0.2, 0.25) is 0 Å². The Kier molecular flexibility index (Phi) is 2.14. The third-order valence-electron chi connectivity index (χ3n) is 3.07. The van der Waals surface area contributed by atoms with Gasteiger partial charge < -0.3 is 5.73 Å². The number of hydrogen-bond acceptors (Lipinski definition) is 2. The Labute approximate surface area is 68.5 Å². The van der Waals surface area contributed by atoms with Crippen molar-refractivity contribution in [1.29, 1.82) is 0 Å². The Morgan fingerprint density at radius 2 is 1.55 bits per heavy atom. The molecular weight excluding hydrogens is 136 g/mol. The molecule has 2 atom stereocenters.